The molecule has 3 aliphatic carbocycles. The first kappa shape index (κ1) is 58.2. The van der Waals surface area contributed by atoms with Crippen LogP contribution in [0.1, 0.15) is 116 Å². The van der Waals surface area contributed by atoms with Crippen LogP contribution in [-0.2, 0) is 82.4 Å². The monoisotopic (exact) mass is 1150 g/mol. The van der Waals surface area contributed by atoms with Gasteiger partial charge in [0.25, 0.3) is 0 Å². The molecule has 3 unspecified atom stereocenters. The second-order valence-corrected chi connectivity index (χ2v) is 25.3. The molecule has 3 amide bonds. The maximum atomic E-state index is 12.2. The van der Waals surface area contributed by atoms with E-state index in [0.29, 0.717) is 38.5 Å². The Morgan fingerprint density at radius 1 is 0.597 bits per heavy atom. The van der Waals surface area contributed by atoms with Crippen molar-refractivity contribution in [1.29, 1.82) is 0 Å². The van der Waals surface area contributed by atoms with Crippen molar-refractivity contribution in [3.05, 3.63) is 101 Å². The van der Waals surface area contributed by atoms with Gasteiger partial charge in [0, 0.05) is 39.1 Å². The molecule has 0 saturated carbocycles. The van der Waals surface area contributed by atoms with Gasteiger partial charge in [-0.1, -0.05) is 84.2 Å². The molecule has 3 aromatic rings. The summed E-state index contributed by atoms with van der Waals surface area (Å²) in [5, 5.41) is 18.7. The van der Waals surface area contributed by atoms with Gasteiger partial charge in [-0.3, -0.25) is 9.59 Å². The van der Waals surface area contributed by atoms with Crippen molar-refractivity contribution in [1.82, 2.24) is 16.0 Å². The Hall–Kier alpha value is -3.16. The second-order valence-electron chi connectivity index (χ2n) is 20.2. The number of fused-ring (bicyclic) bond motifs is 3. The third-order valence-electron chi connectivity index (χ3n) is 11.0. The number of ketones is 2. The Morgan fingerprint density at radius 2 is 0.881 bits per heavy atom. The predicted octanol–water partition coefficient (Wildman–Crippen LogP) is 9.77. The van der Waals surface area contributed by atoms with Gasteiger partial charge in [-0.25, -0.2) is 14.4 Å². The molecule has 0 heterocycles. The Balaban J connectivity index is 0.000000256. The Morgan fingerprint density at radius 3 is 1.13 bits per heavy atom. The van der Waals surface area contributed by atoms with Crippen molar-refractivity contribution in [2.75, 3.05) is 6.26 Å². The van der Waals surface area contributed by atoms with E-state index in [4.69, 9.17) is 20.9 Å². The normalized spacial score (nSPS) is 20.6. The number of nitrogens with one attached hydrogen (secondary N) is 3. The third-order valence-corrected chi connectivity index (χ3v) is 13.2. The molecular formula is C49H65BBr3N3O9S2-. The van der Waals surface area contributed by atoms with Crippen molar-refractivity contribution < 1.29 is 43.3 Å². The second kappa shape index (κ2) is 23.2. The number of alkyl carbamates (subject to hydrolysis) is 3. The number of aliphatic hydroxyl groups excluding tert-OH is 1. The van der Waals surface area contributed by atoms with Crippen LogP contribution in [0.4, 0.5) is 14.4 Å². The molecule has 1 radical (unpaired) electrons. The predicted molar refractivity (Wildman–Crippen MR) is 280 cm³/mol. The van der Waals surface area contributed by atoms with Crippen molar-refractivity contribution >= 4 is 104 Å². The summed E-state index contributed by atoms with van der Waals surface area (Å²) >= 11 is 15.0. The van der Waals surface area contributed by atoms with E-state index >= 15 is 0 Å². The van der Waals surface area contributed by atoms with E-state index in [2.05, 4.69) is 74.9 Å². The van der Waals surface area contributed by atoms with Crippen LogP contribution in [0.15, 0.2) is 68.0 Å². The number of hydrogen-bond acceptors (Lipinski definition) is 11. The van der Waals surface area contributed by atoms with Crippen LogP contribution >= 0.6 is 47.8 Å². The molecule has 6 rings (SSSR count). The summed E-state index contributed by atoms with van der Waals surface area (Å²) in [5.41, 5.74) is 2.31. The first-order valence-corrected chi connectivity index (χ1v) is 26.7. The van der Waals surface area contributed by atoms with Crippen LogP contribution in [0.25, 0.3) is 0 Å². The summed E-state index contributed by atoms with van der Waals surface area (Å²) in [6.07, 6.45) is 2.65. The van der Waals surface area contributed by atoms with Crippen LogP contribution < -0.4 is 16.0 Å². The fourth-order valence-electron chi connectivity index (χ4n) is 7.84. The average Bonchev–Trinajstić information content (AvgIpc) is 3.84. The van der Waals surface area contributed by atoms with E-state index in [9.17, 15) is 29.1 Å². The number of benzene rings is 3. The molecule has 3 aromatic carbocycles. The summed E-state index contributed by atoms with van der Waals surface area (Å²) in [4.78, 5) is 60.6. The molecular weight excluding hydrogens is 1090 g/mol. The minimum absolute atomic E-state index is 0.0588. The number of aliphatic hydroxyl groups is 1. The quantitative estimate of drug-likeness (QED) is 0.106. The van der Waals surface area contributed by atoms with E-state index < -0.39 is 57.8 Å². The van der Waals surface area contributed by atoms with E-state index in [1.165, 1.54) is 13.8 Å². The first-order chi connectivity index (χ1) is 30.6. The topological polar surface area (TPSA) is 169 Å². The summed E-state index contributed by atoms with van der Waals surface area (Å²) in [6, 6.07) is 17.7. The van der Waals surface area contributed by atoms with Gasteiger partial charge in [0.05, 0.1) is 11.6 Å². The molecule has 0 fully saturated rings. The molecule has 3 aliphatic rings. The Kier molecular flexibility index (Phi) is 20.1. The number of Topliss-reactive ketones (excluding diaryl/α,β-unsaturated/α-hetero) is 2. The number of hydrogen-bond donors (Lipinski definition) is 4. The van der Waals surface area contributed by atoms with Gasteiger partial charge < -0.3 is 35.3 Å². The molecule has 0 aromatic heterocycles. The summed E-state index contributed by atoms with van der Waals surface area (Å²) < 4.78 is 18.9. The van der Waals surface area contributed by atoms with Gasteiger partial charge in [-0.15, -0.1) is 0 Å². The van der Waals surface area contributed by atoms with Gasteiger partial charge in [0.1, 0.15) is 27.9 Å². The van der Waals surface area contributed by atoms with Crippen LogP contribution in [-0.4, -0.2) is 87.5 Å². The van der Waals surface area contributed by atoms with Crippen LogP contribution in [0.5, 0.6) is 0 Å². The van der Waals surface area contributed by atoms with Crippen molar-refractivity contribution in [3.8, 4) is 0 Å². The maximum absolute atomic E-state index is 12.2. The zero-order valence-corrected chi connectivity index (χ0v) is 47.1. The minimum atomic E-state index is -0.908. The molecule has 4 atom stereocenters. The van der Waals surface area contributed by atoms with Gasteiger partial charge >= 0.3 is 51.3 Å². The number of carbonyl (C=O) groups excluding carboxylic acids is 5. The molecule has 0 spiro atoms. The fourth-order valence-corrected chi connectivity index (χ4v) is 9.48. The van der Waals surface area contributed by atoms with Crippen LogP contribution in [0.2, 0.25) is 0 Å². The first-order valence-electron chi connectivity index (χ1n) is 21.7. The number of ether oxygens (including phenoxy) is 3. The molecule has 0 saturated heterocycles. The molecule has 0 aliphatic heterocycles. The van der Waals surface area contributed by atoms with Gasteiger partial charge in [0.15, 0.2) is 11.6 Å². The van der Waals surface area contributed by atoms with Crippen molar-refractivity contribution in [2.24, 2.45) is 0 Å². The zero-order chi connectivity index (χ0) is 51.1. The standard InChI is InChI=1S/C16H22BrNO3.2C16H20BrNO3.CH3BS2/c3*1-10(19)16(18-14(20)21-15(2,3)4)8-11-6-5-7-13(17)12(11)9-16;1-4(2)3/h5-7,10,19H,8-9H2,1-4H3,(H,18,20);2*5-7H,8-9H2,1-4H3,(H,18,20);1H3/q;;;-1/t10-,16?;;;/m1.../s1. The molecule has 18 heteroatoms. The van der Waals surface area contributed by atoms with Crippen molar-refractivity contribution in [3.63, 3.8) is 0 Å². The molecule has 4 N–H and O–H groups in total. The summed E-state index contributed by atoms with van der Waals surface area (Å²) in [7, 11) is -0.278. The number of rotatable bonds is 6. The van der Waals surface area contributed by atoms with E-state index in [0.717, 1.165) is 46.8 Å². The van der Waals surface area contributed by atoms with E-state index in [1.807, 2.05) is 75.4 Å². The van der Waals surface area contributed by atoms with Crippen LogP contribution in [0.3, 0.4) is 0 Å². The summed E-state index contributed by atoms with van der Waals surface area (Å²) in [6.45, 7) is 25.9. The van der Waals surface area contributed by atoms with E-state index in [1.54, 1.807) is 54.7 Å². The zero-order valence-electron chi connectivity index (χ0n) is 40.8. The Labute approximate surface area is 429 Å². The molecule has 0 bridgehead atoms. The molecule has 12 nitrogen and oxygen atoms in total. The average molecular weight is 1150 g/mol. The number of amides is 3. The Bertz CT molecular complexity index is 2300. The van der Waals surface area contributed by atoms with Crippen LogP contribution in [0, 0.1) is 0 Å². The SMILES string of the molecule is CC(=O)C1(NC(=O)OC(C)(C)C)Cc2cccc(Br)c2C1.CC(=O)C1(NC(=O)OC(C)(C)C)Cc2cccc(Br)c2C1.C[C@@H](O)C1(NC(=O)OC(C)(C)C)Cc2cccc(Br)c2C1.[B]=[S-](C)=S. The van der Waals surface area contributed by atoms with Gasteiger partial charge in [0.2, 0.25) is 0 Å². The van der Waals surface area contributed by atoms with Crippen molar-refractivity contribution in [2.45, 2.75) is 161 Å². The third kappa shape index (κ3) is 17.0. The van der Waals surface area contributed by atoms with Gasteiger partial charge in [-0.05, 0) is 148 Å². The molecule has 67 heavy (non-hydrogen) atoms. The summed E-state index contributed by atoms with van der Waals surface area (Å²) in [5.74, 6) is -0.118. The number of halogens is 3. The fraction of sp³-hybridized carbons (Fsp3) is 0.531. The van der Waals surface area contributed by atoms with Gasteiger partial charge in [-0.2, -0.15) is 0 Å². The molecule has 367 valence electrons. The van der Waals surface area contributed by atoms with E-state index in [-0.39, 0.29) is 20.4 Å². The number of carbonyl (C=O) groups is 5.